The summed E-state index contributed by atoms with van der Waals surface area (Å²) in [5.74, 6) is -0.392. The highest BCUT2D eigenvalue weighted by Crippen LogP contribution is 2.26. The Morgan fingerprint density at radius 2 is 0.950 bits per heavy atom. The minimum Gasteiger partial charge on any atom is -0.457 e. The second-order valence-electron chi connectivity index (χ2n) is 17.4. The highest BCUT2D eigenvalue weighted by Gasteiger charge is 2.48. The van der Waals surface area contributed by atoms with Crippen molar-refractivity contribution >= 4 is 16.4 Å². The minimum atomic E-state index is -5.06. The van der Waals surface area contributed by atoms with E-state index in [1.165, 1.54) is 167 Å². The van der Waals surface area contributed by atoms with Crippen LogP contribution in [0.5, 0.6) is 0 Å². The molecule has 12 nitrogen and oxygen atoms in total. The van der Waals surface area contributed by atoms with E-state index in [0.29, 0.717) is 13.0 Å². The number of carbonyl (C=O) groups excluding carboxylic acids is 1. The van der Waals surface area contributed by atoms with Crippen LogP contribution >= 0.6 is 0 Å². The smallest absolute Gasteiger partial charge is 0.397 e. The maximum absolute atomic E-state index is 12.9. The molecule has 0 saturated carbocycles. The summed E-state index contributed by atoms with van der Waals surface area (Å²) in [6.07, 6.45) is 32.9. The van der Waals surface area contributed by atoms with Crippen molar-refractivity contribution in [2.45, 2.75) is 269 Å². The van der Waals surface area contributed by atoms with E-state index in [9.17, 15) is 28.5 Å². The molecule has 1 aliphatic rings. The molecule has 0 aromatic heterocycles. The van der Waals surface area contributed by atoms with Crippen LogP contribution in [0.15, 0.2) is 0 Å². The van der Waals surface area contributed by atoms with Gasteiger partial charge in [-0.3, -0.25) is 9.35 Å². The van der Waals surface area contributed by atoms with Crippen molar-refractivity contribution in [3.63, 3.8) is 0 Å². The quantitative estimate of drug-likeness (QED) is 0.0259. The molecule has 0 aliphatic carbocycles. The SMILES string of the molecule is CCCCCCCCCCCCCCCCCCCCCCCCC(=O)OC(COCCCCCCCCCCCCC)COC1OC(CO)C(O)C(OS(=O)(=O)O)C1O. The number of aliphatic hydroxyl groups is 3. The van der Waals surface area contributed by atoms with Gasteiger partial charge in [0.15, 0.2) is 6.29 Å². The summed E-state index contributed by atoms with van der Waals surface area (Å²) in [5, 5.41) is 30.7. The molecule has 358 valence electrons. The first kappa shape index (κ1) is 57.1. The molecule has 1 saturated heterocycles. The van der Waals surface area contributed by atoms with Crippen molar-refractivity contribution in [2.24, 2.45) is 0 Å². The maximum Gasteiger partial charge on any atom is 0.397 e. The van der Waals surface area contributed by atoms with Crippen molar-refractivity contribution in [1.29, 1.82) is 0 Å². The Kier molecular flexibility index (Phi) is 37.8. The Morgan fingerprint density at radius 3 is 1.33 bits per heavy atom. The van der Waals surface area contributed by atoms with Crippen LogP contribution in [0.25, 0.3) is 0 Å². The zero-order chi connectivity index (χ0) is 43.9. The predicted octanol–water partition coefficient (Wildman–Crippen LogP) is 10.9. The van der Waals surface area contributed by atoms with E-state index in [0.717, 1.165) is 38.5 Å². The van der Waals surface area contributed by atoms with Crippen LogP contribution in [-0.4, -0.2) is 97.5 Å². The molecule has 0 aromatic carbocycles. The number of aliphatic hydroxyl groups excluding tert-OH is 3. The molecule has 0 amide bonds. The molecule has 1 fully saturated rings. The van der Waals surface area contributed by atoms with Crippen LogP contribution in [0, 0.1) is 0 Å². The van der Waals surface area contributed by atoms with Gasteiger partial charge in [-0.1, -0.05) is 213 Å². The number of carbonyl (C=O) groups is 1. The Balaban J connectivity index is 2.31. The van der Waals surface area contributed by atoms with Gasteiger partial charge in [-0.25, -0.2) is 4.18 Å². The number of ether oxygens (including phenoxy) is 4. The summed E-state index contributed by atoms with van der Waals surface area (Å²) in [4.78, 5) is 12.9. The molecule has 13 heteroatoms. The first-order valence-corrected chi connectivity index (χ1v) is 26.2. The molecule has 6 unspecified atom stereocenters. The van der Waals surface area contributed by atoms with Crippen LogP contribution in [0.2, 0.25) is 0 Å². The average Bonchev–Trinajstić information content (AvgIpc) is 3.22. The molecule has 1 rings (SSSR count). The summed E-state index contributed by atoms with van der Waals surface area (Å²) in [6, 6.07) is 0. The monoisotopic (exact) mass is 881 g/mol. The Morgan fingerprint density at radius 1 is 0.567 bits per heavy atom. The fourth-order valence-corrected chi connectivity index (χ4v) is 8.48. The molecule has 0 bridgehead atoms. The van der Waals surface area contributed by atoms with Crippen LogP contribution in [0.3, 0.4) is 0 Å². The largest absolute Gasteiger partial charge is 0.457 e. The van der Waals surface area contributed by atoms with Gasteiger partial charge in [0.1, 0.15) is 30.5 Å². The topological polar surface area (TPSA) is 178 Å². The molecule has 60 heavy (non-hydrogen) atoms. The lowest BCUT2D eigenvalue weighted by Gasteiger charge is -2.41. The Bertz CT molecular complexity index is 1060. The number of esters is 1. The third-order valence-corrected chi connectivity index (χ3v) is 12.2. The van der Waals surface area contributed by atoms with Gasteiger partial charge in [0.05, 0.1) is 19.8 Å². The van der Waals surface area contributed by atoms with Crippen LogP contribution in [0.1, 0.15) is 232 Å². The van der Waals surface area contributed by atoms with Gasteiger partial charge >= 0.3 is 16.4 Å². The van der Waals surface area contributed by atoms with Gasteiger partial charge in [-0.05, 0) is 12.8 Å². The van der Waals surface area contributed by atoms with Gasteiger partial charge in [0, 0.05) is 13.0 Å². The normalized spacial score (nSPS) is 20.1. The Labute approximate surface area is 366 Å². The first-order chi connectivity index (χ1) is 29.1. The average molecular weight is 881 g/mol. The van der Waals surface area contributed by atoms with Crippen LogP contribution in [0.4, 0.5) is 0 Å². The van der Waals surface area contributed by atoms with E-state index in [2.05, 4.69) is 18.0 Å². The predicted molar refractivity (Wildman–Crippen MR) is 239 cm³/mol. The summed E-state index contributed by atoms with van der Waals surface area (Å²) >= 11 is 0. The van der Waals surface area contributed by atoms with Crippen molar-refractivity contribution in [3.8, 4) is 0 Å². The number of unbranched alkanes of at least 4 members (excludes halogenated alkanes) is 31. The van der Waals surface area contributed by atoms with Crippen molar-refractivity contribution in [3.05, 3.63) is 0 Å². The molecule has 6 atom stereocenters. The second-order valence-corrected chi connectivity index (χ2v) is 18.5. The minimum absolute atomic E-state index is 0.0443. The van der Waals surface area contributed by atoms with E-state index in [1.54, 1.807) is 0 Å². The Hall–Kier alpha value is -0.900. The number of hydrogen-bond acceptors (Lipinski definition) is 11. The first-order valence-electron chi connectivity index (χ1n) is 24.8. The summed E-state index contributed by atoms with van der Waals surface area (Å²) < 4.78 is 59.1. The van der Waals surface area contributed by atoms with Crippen molar-refractivity contribution < 1.29 is 56.2 Å². The molecule has 0 radical (unpaired) electrons. The number of rotatable bonds is 44. The van der Waals surface area contributed by atoms with Crippen molar-refractivity contribution in [1.82, 2.24) is 0 Å². The summed E-state index contributed by atoms with van der Waals surface area (Å²) in [7, 11) is -5.06. The fourth-order valence-electron chi connectivity index (χ4n) is 7.97. The fraction of sp³-hybridized carbons (Fsp3) is 0.979. The molecular weight excluding hydrogens is 789 g/mol. The third-order valence-electron chi connectivity index (χ3n) is 11.7. The molecule has 1 heterocycles. The lowest BCUT2D eigenvalue weighted by molar-refractivity contribution is -0.301. The van der Waals surface area contributed by atoms with Gasteiger partial charge < -0.3 is 34.3 Å². The van der Waals surface area contributed by atoms with Gasteiger partial charge in [0.2, 0.25) is 0 Å². The highest BCUT2D eigenvalue weighted by molar-refractivity contribution is 7.80. The number of hydrogen-bond donors (Lipinski definition) is 4. The van der Waals surface area contributed by atoms with E-state index in [-0.39, 0.29) is 19.6 Å². The van der Waals surface area contributed by atoms with E-state index in [1.807, 2.05) is 0 Å². The van der Waals surface area contributed by atoms with Gasteiger partial charge in [0.25, 0.3) is 0 Å². The standard InChI is InChI=1S/C47H92O12S/c1-3-5-7-9-11-13-15-16-17-18-19-20-21-22-23-24-25-26-28-30-32-34-36-43(49)57-41(39-55-37-35-33-31-29-27-14-12-10-8-6-4-2)40-56-47-45(51)46(59-60(52,53)54)44(50)42(38-48)58-47/h41-42,44-48,50-51H,3-40H2,1-2H3,(H,52,53,54). The summed E-state index contributed by atoms with van der Waals surface area (Å²) in [6.45, 7) is 4.03. The lowest BCUT2D eigenvalue weighted by Crippen LogP contribution is -2.60. The zero-order valence-corrected chi connectivity index (χ0v) is 39.1. The molecular formula is C47H92O12S. The van der Waals surface area contributed by atoms with E-state index in [4.69, 9.17) is 23.5 Å². The third kappa shape index (κ3) is 32.7. The van der Waals surface area contributed by atoms with E-state index < -0.39 is 59.8 Å². The second kappa shape index (κ2) is 39.7. The molecule has 0 aromatic rings. The summed E-state index contributed by atoms with van der Waals surface area (Å²) in [5.41, 5.74) is 0. The highest BCUT2D eigenvalue weighted by atomic mass is 32.3. The van der Waals surface area contributed by atoms with Gasteiger partial charge in [-0.15, -0.1) is 0 Å². The van der Waals surface area contributed by atoms with Crippen LogP contribution < -0.4 is 0 Å². The van der Waals surface area contributed by atoms with Crippen LogP contribution in [-0.2, 0) is 38.3 Å². The maximum atomic E-state index is 12.9. The zero-order valence-electron chi connectivity index (χ0n) is 38.3. The molecule has 0 spiro atoms. The van der Waals surface area contributed by atoms with Crippen molar-refractivity contribution in [2.75, 3.05) is 26.4 Å². The molecule has 1 aliphatic heterocycles. The lowest BCUT2D eigenvalue weighted by atomic mass is 9.99. The van der Waals surface area contributed by atoms with E-state index >= 15 is 0 Å². The van der Waals surface area contributed by atoms with Gasteiger partial charge in [-0.2, -0.15) is 8.42 Å². The molecule has 4 N–H and O–H groups in total.